The molecule has 0 spiro atoms. The molecule has 0 bridgehead atoms. The van der Waals surface area contributed by atoms with Gasteiger partial charge < -0.3 is 15.8 Å². The first-order valence-corrected chi connectivity index (χ1v) is 4.79. The van der Waals surface area contributed by atoms with Crippen LogP contribution in [0.2, 0.25) is 0 Å². The summed E-state index contributed by atoms with van der Waals surface area (Å²) in [5, 5.41) is 2.66. The summed E-state index contributed by atoms with van der Waals surface area (Å²) in [6.07, 6.45) is -0.961. The van der Waals surface area contributed by atoms with Crippen molar-refractivity contribution in [2.24, 2.45) is 5.73 Å². The van der Waals surface area contributed by atoms with Gasteiger partial charge in [0.2, 0.25) is 0 Å². The fourth-order valence-electron chi connectivity index (χ4n) is 1.32. The van der Waals surface area contributed by atoms with E-state index in [2.05, 4.69) is 10.1 Å². The lowest BCUT2D eigenvalue weighted by Crippen LogP contribution is -2.24. The average Bonchev–Trinajstić information content (AvgIpc) is 2.21. The van der Waals surface area contributed by atoms with Crippen molar-refractivity contribution in [1.29, 1.82) is 0 Å². The van der Waals surface area contributed by atoms with E-state index in [1.165, 1.54) is 0 Å². The molecule has 5 heteroatoms. The van der Waals surface area contributed by atoms with Gasteiger partial charge in [-0.25, -0.2) is 4.79 Å². The normalized spacial score (nSPS) is 9.62. The van der Waals surface area contributed by atoms with E-state index in [1.807, 2.05) is 32.0 Å². The molecule has 0 atom stereocenters. The zero-order valence-corrected chi connectivity index (χ0v) is 9.24. The van der Waals surface area contributed by atoms with Crippen LogP contribution in [0.25, 0.3) is 0 Å². The largest absolute Gasteiger partial charge is 0.440 e. The van der Waals surface area contributed by atoms with Crippen molar-refractivity contribution in [3.8, 4) is 0 Å². The first-order valence-electron chi connectivity index (χ1n) is 4.79. The van der Waals surface area contributed by atoms with Crippen molar-refractivity contribution in [1.82, 2.24) is 0 Å². The second-order valence-electron chi connectivity index (χ2n) is 3.42. The molecule has 0 fully saturated rings. The number of rotatable bonds is 3. The van der Waals surface area contributed by atoms with Crippen LogP contribution in [-0.2, 0) is 9.53 Å². The monoisotopic (exact) mass is 222 g/mol. The van der Waals surface area contributed by atoms with E-state index in [0.717, 1.165) is 16.8 Å². The van der Waals surface area contributed by atoms with E-state index in [0.29, 0.717) is 0 Å². The lowest BCUT2D eigenvalue weighted by Gasteiger charge is -2.10. The van der Waals surface area contributed by atoms with E-state index in [4.69, 9.17) is 5.73 Å². The van der Waals surface area contributed by atoms with Crippen molar-refractivity contribution in [3.05, 3.63) is 29.3 Å². The van der Waals surface area contributed by atoms with Gasteiger partial charge in [-0.05, 0) is 25.0 Å². The van der Waals surface area contributed by atoms with Gasteiger partial charge >= 0.3 is 6.09 Å². The minimum atomic E-state index is -0.961. The Balaban J connectivity index is 2.66. The molecule has 0 saturated heterocycles. The Bertz CT molecular complexity index is 395. The molecule has 0 saturated carbocycles. The Morgan fingerprint density at radius 1 is 1.31 bits per heavy atom. The minimum Gasteiger partial charge on any atom is -0.440 e. The van der Waals surface area contributed by atoms with Gasteiger partial charge in [0.1, 0.15) is 0 Å². The minimum absolute atomic E-state index is 0.372. The Hall–Kier alpha value is -2.04. The number of ether oxygens (including phenoxy) is 1. The highest BCUT2D eigenvalue weighted by Gasteiger charge is 2.08. The topological polar surface area (TPSA) is 81.4 Å². The first kappa shape index (κ1) is 12.0. The molecule has 0 heterocycles. The number of hydrogen-bond donors (Lipinski definition) is 2. The van der Waals surface area contributed by atoms with Gasteiger partial charge in [0.05, 0.1) is 0 Å². The fourth-order valence-corrected chi connectivity index (χ4v) is 1.32. The molecule has 1 aromatic rings. The quantitative estimate of drug-likeness (QED) is 0.809. The van der Waals surface area contributed by atoms with Crippen LogP contribution in [0.4, 0.5) is 10.5 Å². The lowest BCUT2D eigenvalue weighted by molar-refractivity contribution is -0.118. The molecule has 86 valence electrons. The molecule has 1 rings (SSSR count). The number of benzene rings is 1. The van der Waals surface area contributed by atoms with Crippen LogP contribution in [0.5, 0.6) is 0 Å². The lowest BCUT2D eigenvalue weighted by atomic mass is 10.1. The van der Waals surface area contributed by atoms with Crippen molar-refractivity contribution in [3.63, 3.8) is 0 Å². The fraction of sp³-hybridized carbons (Fsp3) is 0.273. The summed E-state index contributed by atoms with van der Waals surface area (Å²) in [6.45, 7) is 3.40. The number of nitrogens with two attached hydrogens (primary N) is 1. The van der Waals surface area contributed by atoms with Crippen molar-refractivity contribution in [2.75, 3.05) is 11.9 Å². The summed E-state index contributed by atoms with van der Waals surface area (Å²) in [6, 6.07) is 5.68. The molecule has 2 amide bonds. The Morgan fingerprint density at radius 3 is 2.38 bits per heavy atom. The maximum absolute atomic E-state index is 11.4. The average molecular weight is 222 g/mol. The number of amides is 2. The highest BCUT2D eigenvalue weighted by molar-refractivity contribution is 5.94. The van der Waals surface area contributed by atoms with Crippen molar-refractivity contribution in [2.45, 2.75) is 13.8 Å². The predicted molar refractivity (Wildman–Crippen MR) is 60.1 cm³/mol. The standard InChI is InChI=1S/C11H14N2O3/c1-7-4-3-5-8(2)10(7)13-9(14)6-16-11(12)15/h3-5H,6H2,1-2H3,(H2,12,15)(H,13,14). The first-order chi connectivity index (χ1) is 7.50. The van der Waals surface area contributed by atoms with Crippen molar-refractivity contribution < 1.29 is 14.3 Å². The summed E-state index contributed by atoms with van der Waals surface area (Å²) >= 11 is 0. The number of carbonyl (C=O) groups excluding carboxylic acids is 2. The highest BCUT2D eigenvalue weighted by atomic mass is 16.5. The molecule has 3 N–H and O–H groups in total. The predicted octanol–water partition coefficient (Wildman–Crippen LogP) is 1.34. The molecule has 0 aromatic heterocycles. The Kier molecular flexibility index (Phi) is 3.88. The number of hydrogen-bond acceptors (Lipinski definition) is 3. The highest BCUT2D eigenvalue weighted by Crippen LogP contribution is 2.18. The van der Waals surface area contributed by atoms with Gasteiger partial charge in [-0.2, -0.15) is 0 Å². The van der Waals surface area contributed by atoms with E-state index in [-0.39, 0.29) is 6.61 Å². The maximum Gasteiger partial charge on any atom is 0.405 e. The molecule has 0 unspecified atom stereocenters. The van der Waals surface area contributed by atoms with Gasteiger partial charge in [0.25, 0.3) is 5.91 Å². The Labute approximate surface area is 93.6 Å². The van der Waals surface area contributed by atoms with E-state index < -0.39 is 12.0 Å². The van der Waals surface area contributed by atoms with Crippen LogP contribution < -0.4 is 11.1 Å². The number of carbonyl (C=O) groups is 2. The SMILES string of the molecule is Cc1cccc(C)c1NC(=O)COC(N)=O. The van der Waals surface area contributed by atoms with Crippen LogP contribution >= 0.6 is 0 Å². The molecule has 0 aliphatic rings. The van der Waals surface area contributed by atoms with Crippen LogP contribution in [-0.4, -0.2) is 18.6 Å². The van der Waals surface area contributed by atoms with Crippen LogP contribution in [0.3, 0.4) is 0 Å². The number of aryl methyl sites for hydroxylation is 2. The van der Waals surface area contributed by atoms with Crippen LogP contribution in [0.1, 0.15) is 11.1 Å². The third-order valence-corrected chi connectivity index (χ3v) is 2.09. The van der Waals surface area contributed by atoms with E-state index >= 15 is 0 Å². The van der Waals surface area contributed by atoms with E-state index in [9.17, 15) is 9.59 Å². The van der Waals surface area contributed by atoms with Crippen LogP contribution in [0.15, 0.2) is 18.2 Å². The third kappa shape index (κ3) is 3.27. The summed E-state index contributed by atoms with van der Waals surface area (Å²) < 4.78 is 4.38. The molecule has 0 aliphatic carbocycles. The van der Waals surface area contributed by atoms with Crippen molar-refractivity contribution >= 4 is 17.7 Å². The number of anilines is 1. The molecule has 0 radical (unpaired) electrons. The van der Waals surface area contributed by atoms with Gasteiger partial charge in [0.15, 0.2) is 6.61 Å². The molecular formula is C11H14N2O3. The Morgan fingerprint density at radius 2 is 1.88 bits per heavy atom. The van der Waals surface area contributed by atoms with Gasteiger partial charge in [0, 0.05) is 5.69 Å². The summed E-state index contributed by atoms with van der Waals surface area (Å²) in [4.78, 5) is 21.7. The molecule has 0 aliphatic heterocycles. The number of nitrogens with one attached hydrogen (secondary N) is 1. The summed E-state index contributed by atoms with van der Waals surface area (Å²) in [7, 11) is 0. The van der Waals surface area contributed by atoms with Gasteiger partial charge in [-0.15, -0.1) is 0 Å². The smallest absolute Gasteiger partial charge is 0.405 e. The molecule has 5 nitrogen and oxygen atoms in total. The van der Waals surface area contributed by atoms with Crippen LogP contribution in [0, 0.1) is 13.8 Å². The van der Waals surface area contributed by atoms with Gasteiger partial charge in [-0.3, -0.25) is 4.79 Å². The summed E-state index contributed by atoms with van der Waals surface area (Å²) in [5.74, 6) is -0.406. The third-order valence-electron chi connectivity index (χ3n) is 2.09. The maximum atomic E-state index is 11.4. The molecular weight excluding hydrogens is 208 g/mol. The molecule has 1 aromatic carbocycles. The second-order valence-corrected chi connectivity index (χ2v) is 3.42. The number of para-hydroxylation sites is 1. The second kappa shape index (κ2) is 5.16. The summed E-state index contributed by atoms with van der Waals surface area (Å²) in [5.41, 5.74) is 7.39. The zero-order chi connectivity index (χ0) is 12.1. The molecule has 16 heavy (non-hydrogen) atoms. The zero-order valence-electron chi connectivity index (χ0n) is 9.24. The van der Waals surface area contributed by atoms with Gasteiger partial charge in [-0.1, -0.05) is 18.2 Å². The van der Waals surface area contributed by atoms with E-state index in [1.54, 1.807) is 0 Å². The number of primary amides is 1.